The number of carbonyl (C=O) groups excluding carboxylic acids is 4. The number of nitrogens with one attached hydrogen (secondary N) is 1. The molecular formula is C27H23N3O4. The Labute approximate surface area is 197 Å². The van der Waals surface area contributed by atoms with Gasteiger partial charge in [-0.2, -0.15) is 0 Å². The van der Waals surface area contributed by atoms with Crippen molar-refractivity contribution in [2.24, 2.45) is 0 Å². The summed E-state index contributed by atoms with van der Waals surface area (Å²) >= 11 is 0. The molecule has 0 saturated heterocycles. The molecule has 4 amide bonds. The van der Waals surface area contributed by atoms with Crippen molar-refractivity contribution in [3.05, 3.63) is 88.0 Å². The Bertz CT molecular complexity index is 1410. The molecular weight excluding hydrogens is 430 g/mol. The number of carbonyl (C=O) groups is 4. The molecule has 0 aromatic heterocycles. The molecule has 2 heterocycles. The largest absolute Gasteiger partial charge is 0.322 e. The summed E-state index contributed by atoms with van der Waals surface area (Å²) in [5.74, 6) is -1.23. The maximum atomic E-state index is 13.2. The van der Waals surface area contributed by atoms with Gasteiger partial charge < -0.3 is 10.2 Å². The van der Waals surface area contributed by atoms with Crippen LogP contribution in [0.1, 0.15) is 54.7 Å². The Balaban J connectivity index is 1.40. The van der Waals surface area contributed by atoms with Crippen LogP contribution in [-0.2, 0) is 11.2 Å². The predicted octanol–water partition coefficient (Wildman–Crippen LogP) is 4.27. The van der Waals surface area contributed by atoms with Gasteiger partial charge in [0.15, 0.2) is 0 Å². The highest BCUT2D eigenvalue weighted by Crippen LogP contribution is 2.33. The van der Waals surface area contributed by atoms with Gasteiger partial charge in [-0.1, -0.05) is 12.1 Å². The number of hydrogen-bond donors (Lipinski definition) is 1. The second-order valence-electron chi connectivity index (χ2n) is 8.71. The lowest BCUT2D eigenvalue weighted by Crippen LogP contribution is -2.30. The van der Waals surface area contributed by atoms with Gasteiger partial charge in [-0.25, -0.2) is 4.90 Å². The van der Waals surface area contributed by atoms with Crippen molar-refractivity contribution in [1.29, 1.82) is 0 Å². The van der Waals surface area contributed by atoms with Crippen LogP contribution < -0.4 is 15.1 Å². The molecule has 1 N–H and O–H groups in total. The fourth-order valence-electron chi connectivity index (χ4n) is 4.57. The number of rotatable bonds is 3. The van der Waals surface area contributed by atoms with E-state index in [2.05, 4.69) is 5.32 Å². The standard InChI is InChI=1S/C27H23N3O4/c1-15-4-5-16(2)24(12-15)30-26(33)21-8-6-19(14-22(21)27(30)34)25(32)28-20-7-9-23-18(13-20)10-11-29(23)17(3)31/h4-9,12-14H,10-11H2,1-3H3,(H,28,32). The first-order chi connectivity index (χ1) is 16.2. The Morgan fingerprint density at radius 1 is 0.853 bits per heavy atom. The first-order valence-corrected chi connectivity index (χ1v) is 11.1. The second-order valence-corrected chi connectivity index (χ2v) is 8.71. The van der Waals surface area contributed by atoms with Gasteiger partial charge in [0.25, 0.3) is 17.7 Å². The van der Waals surface area contributed by atoms with Crippen molar-refractivity contribution >= 4 is 40.7 Å². The molecule has 5 rings (SSSR count). The number of anilines is 3. The number of imide groups is 1. The molecule has 170 valence electrons. The van der Waals surface area contributed by atoms with Crippen LogP contribution in [0.2, 0.25) is 0 Å². The quantitative estimate of drug-likeness (QED) is 0.600. The van der Waals surface area contributed by atoms with E-state index >= 15 is 0 Å². The van der Waals surface area contributed by atoms with E-state index < -0.39 is 11.8 Å². The third-order valence-corrected chi connectivity index (χ3v) is 6.37. The average molecular weight is 453 g/mol. The molecule has 0 atom stereocenters. The van der Waals surface area contributed by atoms with E-state index in [0.717, 1.165) is 28.8 Å². The van der Waals surface area contributed by atoms with Gasteiger partial charge in [-0.05, 0) is 79.4 Å². The van der Waals surface area contributed by atoms with Crippen molar-refractivity contribution in [3.8, 4) is 0 Å². The monoisotopic (exact) mass is 453 g/mol. The summed E-state index contributed by atoms with van der Waals surface area (Å²) in [7, 11) is 0. The van der Waals surface area contributed by atoms with Gasteiger partial charge in [0.05, 0.1) is 16.8 Å². The molecule has 34 heavy (non-hydrogen) atoms. The summed E-state index contributed by atoms with van der Waals surface area (Å²) in [5.41, 5.74) is 5.55. The summed E-state index contributed by atoms with van der Waals surface area (Å²) in [6.07, 6.45) is 0.724. The Hall–Kier alpha value is -4.26. The minimum Gasteiger partial charge on any atom is -0.322 e. The van der Waals surface area contributed by atoms with Crippen LogP contribution >= 0.6 is 0 Å². The van der Waals surface area contributed by atoms with E-state index in [1.54, 1.807) is 17.0 Å². The molecule has 0 spiro atoms. The first kappa shape index (κ1) is 21.6. The number of fused-ring (bicyclic) bond motifs is 2. The van der Waals surface area contributed by atoms with Gasteiger partial charge in [0.1, 0.15) is 0 Å². The average Bonchev–Trinajstić information content (AvgIpc) is 3.34. The minimum atomic E-state index is -0.440. The Kier molecular flexibility index (Phi) is 5.05. The van der Waals surface area contributed by atoms with E-state index in [0.29, 0.717) is 17.9 Å². The van der Waals surface area contributed by atoms with Crippen molar-refractivity contribution in [3.63, 3.8) is 0 Å². The highest BCUT2D eigenvalue weighted by Gasteiger charge is 2.38. The maximum Gasteiger partial charge on any atom is 0.266 e. The van der Waals surface area contributed by atoms with Gasteiger partial charge in [-0.3, -0.25) is 19.2 Å². The molecule has 3 aromatic carbocycles. The molecule has 7 heteroatoms. The molecule has 2 aliphatic rings. The molecule has 0 fully saturated rings. The molecule has 2 aliphatic heterocycles. The first-order valence-electron chi connectivity index (χ1n) is 11.1. The van der Waals surface area contributed by atoms with Crippen molar-refractivity contribution in [2.45, 2.75) is 27.2 Å². The van der Waals surface area contributed by atoms with Crippen molar-refractivity contribution < 1.29 is 19.2 Å². The van der Waals surface area contributed by atoms with Crippen molar-refractivity contribution in [1.82, 2.24) is 0 Å². The van der Waals surface area contributed by atoms with E-state index in [9.17, 15) is 19.2 Å². The van der Waals surface area contributed by atoms with E-state index in [1.165, 1.54) is 24.0 Å². The molecule has 0 bridgehead atoms. The summed E-state index contributed by atoms with van der Waals surface area (Å²) in [6.45, 7) is 5.91. The number of hydrogen-bond acceptors (Lipinski definition) is 4. The zero-order valence-electron chi connectivity index (χ0n) is 19.1. The van der Waals surface area contributed by atoms with Gasteiger partial charge in [0, 0.05) is 30.4 Å². The van der Waals surface area contributed by atoms with Crippen LogP contribution in [-0.4, -0.2) is 30.2 Å². The molecule has 7 nitrogen and oxygen atoms in total. The highest BCUT2D eigenvalue weighted by molar-refractivity contribution is 6.35. The zero-order valence-corrected chi connectivity index (χ0v) is 19.1. The molecule has 0 aliphatic carbocycles. The summed E-state index contributed by atoms with van der Waals surface area (Å²) in [4.78, 5) is 53.7. The lowest BCUT2D eigenvalue weighted by molar-refractivity contribution is -0.116. The smallest absolute Gasteiger partial charge is 0.266 e. The summed E-state index contributed by atoms with van der Waals surface area (Å²) in [6, 6.07) is 15.6. The lowest BCUT2D eigenvalue weighted by atomic mass is 10.0. The van der Waals surface area contributed by atoms with Gasteiger partial charge in [0.2, 0.25) is 5.91 Å². The van der Waals surface area contributed by atoms with Gasteiger partial charge in [-0.15, -0.1) is 0 Å². The number of benzene rings is 3. The van der Waals surface area contributed by atoms with Crippen LogP contribution in [0.4, 0.5) is 17.1 Å². The third kappa shape index (κ3) is 3.46. The fourth-order valence-corrected chi connectivity index (χ4v) is 4.57. The van der Waals surface area contributed by atoms with Crippen LogP contribution in [0, 0.1) is 13.8 Å². The predicted molar refractivity (Wildman–Crippen MR) is 130 cm³/mol. The maximum absolute atomic E-state index is 13.2. The normalized spacial score (nSPS) is 14.3. The van der Waals surface area contributed by atoms with Crippen LogP contribution in [0.15, 0.2) is 54.6 Å². The Morgan fingerprint density at radius 3 is 2.38 bits per heavy atom. The summed E-state index contributed by atoms with van der Waals surface area (Å²) < 4.78 is 0. The van der Waals surface area contributed by atoms with Crippen LogP contribution in [0.3, 0.4) is 0 Å². The molecule has 0 saturated carbocycles. The minimum absolute atomic E-state index is 0.0113. The zero-order chi connectivity index (χ0) is 24.1. The van der Waals surface area contributed by atoms with E-state index in [-0.39, 0.29) is 28.5 Å². The second kappa shape index (κ2) is 7.95. The van der Waals surface area contributed by atoms with E-state index in [1.807, 2.05) is 44.2 Å². The highest BCUT2D eigenvalue weighted by atomic mass is 16.2. The topological polar surface area (TPSA) is 86.8 Å². The van der Waals surface area contributed by atoms with Crippen molar-refractivity contribution in [2.75, 3.05) is 21.7 Å². The molecule has 0 radical (unpaired) electrons. The third-order valence-electron chi connectivity index (χ3n) is 6.37. The molecule has 0 unspecified atom stereocenters. The molecule has 3 aromatic rings. The SMILES string of the molecule is CC(=O)N1CCc2cc(NC(=O)c3ccc4c(c3)C(=O)N(c3cc(C)ccc3C)C4=O)ccc21. The lowest BCUT2D eigenvalue weighted by Gasteiger charge is -2.17. The van der Waals surface area contributed by atoms with Gasteiger partial charge >= 0.3 is 0 Å². The number of aryl methyl sites for hydroxylation is 2. The van der Waals surface area contributed by atoms with Crippen LogP contribution in [0.5, 0.6) is 0 Å². The number of nitrogens with zero attached hydrogens (tertiary/aromatic N) is 2. The fraction of sp³-hybridized carbons (Fsp3) is 0.185. The Morgan fingerprint density at radius 2 is 1.62 bits per heavy atom. The number of amides is 4. The van der Waals surface area contributed by atoms with Crippen LogP contribution in [0.25, 0.3) is 0 Å². The summed E-state index contributed by atoms with van der Waals surface area (Å²) in [5, 5.41) is 2.86. The van der Waals surface area contributed by atoms with E-state index in [4.69, 9.17) is 0 Å².